The summed E-state index contributed by atoms with van der Waals surface area (Å²) >= 11 is 6.34. The van der Waals surface area contributed by atoms with Crippen molar-refractivity contribution in [1.82, 2.24) is 0 Å². The van der Waals surface area contributed by atoms with Gasteiger partial charge in [0.15, 0.2) is 0 Å². The lowest BCUT2D eigenvalue weighted by Crippen LogP contribution is -2.37. The Morgan fingerprint density at radius 1 is 1.08 bits per heavy atom. The van der Waals surface area contributed by atoms with Crippen LogP contribution in [0, 0.1) is 13.8 Å². The summed E-state index contributed by atoms with van der Waals surface area (Å²) in [6, 6.07) is 13.3. The molecule has 4 nitrogen and oxygen atoms in total. The molecule has 0 spiro atoms. The molecule has 0 fully saturated rings. The Bertz CT molecular complexity index is 943. The number of benzene rings is 2. The first-order chi connectivity index (χ1) is 12.5. The number of carbonyl (C=O) groups excluding carboxylic acids is 2. The van der Waals surface area contributed by atoms with Gasteiger partial charge < -0.3 is 4.74 Å². The van der Waals surface area contributed by atoms with Crippen LogP contribution in [0.4, 0.5) is 5.69 Å². The third-order valence-corrected chi connectivity index (χ3v) is 5.21. The Balaban J connectivity index is 1.87. The maximum Gasteiger partial charge on any atom is 0.336 e. The van der Waals surface area contributed by atoms with Crippen LogP contribution in [0.2, 0.25) is 5.02 Å². The second-order valence-electron chi connectivity index (χ2n) is 6.79. The molecule has 0 N–H and O–H groups in total. The van der Waals surface area contributed by atoms with Crippen LogP contribution in [-0.4, -0.2) is 18.5 Å². The van der Waals surface area contributed by atoms with Crippen molar-refractivity contribution in [3.8, 4) is 0 Å². The van der Waals surface area contributed by atoms with Gasteiger partial charge in [0.05, 0.1) is 11.3 Å². The van der Waals surface area contributed by atoms with E-state index in [4.69, 9.17) is 16.3 Å². The summed E-state index contributed by atoms with van der Waals surface area (Å²) in [7, 11) is 0. The first-order valence-electron chi connectivity index (χ1n) is 8.51. The maximum atomic E-state index is 13.0. The number of halogens is 1. The molecule has 0 aliphatic carbocycles. The normalized spacial score (nSPS) is 19.7. The fourth-order valence-corrected chi connectivity index (χ4v) is 4.12. The largest absolute Gasteiger partial charge is 0.456 e. The van der Waals surface area contributed by atoms with Gasteiger partial charge in [-0.2, -0.15) is 0 Å². The van der Waals surface area contributed by atoms with E-state index < -0.39 is 0 Å². The van der Waals surface area contributed by atoms with E-state index >= 15 is 0 Å². The van der Waals surface area contributed by atoms with Crippen LogP contribution in [0.25, 0.3) is 0 Å². The molecular weight excluding hydrogens is 350 g/mol. The minimum Gasteiger partial charge on any atom is -0.456 e. The molecule has 26 heavy (non-hydrogen) atoms. The van der Waals surface area contributed by atoms with Gasteiger partial charge in [-0.15, -0.1) is 0 Å². The van der Waals surface area contributed by atoms with E-state index in [9.17, 15) is 9.59 Å². The second-order valence-corrected chi connectivity index (χ2v) is 7.20. The van der Waals surface area contributed by atoms with Gasteiger partial charge in [0.2, 0.25) is 5.91 Å². The predicted molar refractivity (Wildman–Crippen MR) is 100 cm³/mol. The van der Waals surface area contributed by atoms with Crippen molar-refractivity contribution in [2.24, 2.45) is 0 Å². The highest BCUT2D eigenvalue weighted by Gasteiger charge is 2.43. The number of amides is 1. The third-order valence-electron chi connectivity index (χ3n) is 4.86. The molecule has 2 heterocycles. The predicted octanol–water partition coefficient (Wildman–Crippen LogP) is 4.29. The summed E-state index contributed by atoms with van der Waals surface area (Å²) in [5.41, 5.74) is 4.85. The molecule has 2 aromatic rings. The first kappa shape index (κ1) is 16.9. The number of hydrogen-bond donors (Lipinski definition) is 0. The highest BCUT2D eigenvalue weighted by Crippen LogP contribution is 2.43. The molecule has 0 saturated heterocycles. The molecule has 0 bridgehead atoms. The SMILES string of the molecule is Cc1cc(C)cc(N2C(=O)C[C@H](c3ccccc3Cl)C3=C2COC3=O)c1. The van der Waals surface area contributed by atoms with Crippen molar-refractivity contribution in [2.45, 2.75) is 26.2 Å². The Kier molecular flexibility index (Phi) is 4.08. The van der Waals surface area contributed by atoms with Gasteiger partial charge in [0.25, 0.3) is 0 Å². The van der Waals surface area contributed by atoms with Gasteiger partial charge in [-0.1, -0.05) is 35.9 Å². The third kappa shape index (κ3) is 2.71. The minimum absolute atomic E-state index is 0.0584. The molecule has 0 saturated carbocycles. The summed E-state index contributed by atoms with van der Waals surface area (Å²) < 4.78 is 5.30. The lowest BCUT2D eigenvalue weighted by molar-refractivity contribution is -0.136. The molecule has 1 amide bonds. The number of nitrogens with zero attached hydrogens (tertiary/aromatic N) is 1. The van der Waals surface area contributed by atoms with E-state index in [0.29, 0.717) is 16.3 Å². The zero-order chi connectivity index (χ0) is 18.4. The standard InChI is InChI=1S/C21H18ClNO3/c1-12-7-13(2)9-14(8-12)23-18-11-26-21(25)20(18)16(10-19(23)24)15-5-3-4-6-17(15)22/h3-9,16H,10-11H2,1-2H3/t16-/m1/s1. The Hall–Kier alpha value is -2.59. The molecule has 2 aliphatic heterocycles. The zero-order valence-corrected chi connectivity index (χ0v) is 15.3. The number of anilines is 1. The van der Waals surface area contributed by atoms with E-state index in [1.807, 2.05) is 44.2 Å². The molecule has 0 radical (unpaired) electrons. The molecule has 0 aromatic heterocycles. The summed E-state index contributed by atoms with van der Waals surface area (Å²) in [5.74, 6) is -0.799. The summed E-state index contributed by atoms with van der Waals surface area (Å²) in [5, 5.41) is 0.553. The van der Waals surface area contributed by atoms with Crippen LogP contribution in [0.15, 0.2) is 53.7 Å². The number of cyclic esters (lactones) is 1. The average Bonchev–Trinajstić information content (AvgIpc) is 2.95. The van der Waals surface area contributed by atoms with Gasteiger partial charge in [0.1, 0.15) is 6.61 Å². The molecule has 132 valence electrons. The number of rotatable bonds is 2. The lowest BCUT2D eigenvalue weighted by atomic mass is 9.84. The summed E-state index contributed by atoms with van der Waals surface area (Å²) in [6.45, 7) is 4.08. The van der Waals surface area contributed by atoms with Crippen LogP contribution in [-0.2, 0) is 14.3 Å². The minimum atomic E-state index is -0.372. The Labute approximate surface area is 157 Å². The quantitative estimate of drug-likeness (QED) is 0.744. The van der Waals surface area contributed by atoms with Crippen LogP contribution >= 0.6 is 11.6 Å². The van der Waals surface area contributed by atoms with Crippen molar-refractivity contribution in [3.05, 3.63) is 75.4 Å². The Morgan fingerprint density at radius 3 is 2.46 bits per heavy atom. The van der Waals surface area contributed by atoms with Gasteiger partial charge in [0, 0.05) is 23.0 Å². The van der Waals surface area contributed by atoms with Crippen LogP contribution < -0.4 is 4.90 Å². The van der Waals surface area contributed by atoms with Gasteiger partial charge in [-0.3, -0.25) is 9.69 Å². The molecule has 0 unspecified atom stereocenters. The average molecular weight is 368 g/mol. The fraction of sp³-hybridized carbons (Fsp3) is 0.238. The monoisotopic (exact) mass is 367 g/mol. The number of ether oxygens (including phenoxy) is 1. The van der Waals surface area contributed by atoms with E-state index in [-0.39, 0.29) is 30.8 Å². The first-order valence-corrected chi connectivity index (χ1v) is 8.89. The van der Waals surface area contributed by atoms with Crippen LogP contribution in [0.3, 0.4) is 0 Å². The van der Waals surface area contributed by atoms with Gasteiger partial charge >= 0.3 is 5.97 Å². The number of hydrogen-bond acceptors (Lipinski definition) is 3. The number of esters is 1. The van der Waals surface area contributed by atoms with Crippen LogP contribution in [0.1, 0.15) is 29.0 Å². The van der Waals surface area contributed by atoms with Crippen LogP contribution in [0.5, 0.6) is 0 Å². The molecular formula is C21H18ClNO3. The topological polar surface area (TPSA) is 46.6 Å². The molecule has 4 rings (SSSR count). The highest BCUT2D eigenvalue weighted by molar-refractivity contribution is 6.31. The van der Waals surface area contributed by atoms with Gasteiger partial charge in [-0.25, -0.2) is 4.79 Å². The second kappa shape index (κ2) is 6.29. The van der Waals surface area contributed by atoms with Crippen molar-refractivity contribution < 1.29 is 14.3 Å². The Morgan fingerprint density at radius 2 is 1.77 bits per heavy atom. The molecule has 1 atom stereocenters. The van der Waals surface area contributed by atoms with Crippen molar-refractivity contribution in [1.29, 1.82) is 0 Å². The van der Waals surface area contributed by atoms with Crippen molar-refractivity contribution in [3.63, 3.8) is 0 Å². The fourth-order valence-electron chi connectivity index (χ4n) is 3.86. The maximum absolute atomic E-state index is 13.0. The highest BCUT2D eigenvalue weighted by atomic mass is 35.5. The summed E-state index contributed by atoms with van der Waals surface area (Å²) in [6.07, 6.45) is 0.185. The van der Waals surface area contributed by atoms with E-state index in [1.165, 1.54) is 0 Å². The molecule has 5 heteroatoms. The molecule has 2 aromatic carbocycles. The van der Waals surface area contributed by atoms with E-state index in [0.717, 1.165) is 22.4 Å². The van der Waals surface area contributed by atoms with E-state index in [2.05, 4.69) is 6.07 Å². The molecule has 2 aliphatic rings. The zero-order valence-electron chi connectivity index (χ0n) is 14.6. The summed E-state index contributed by atoms with van der Waals surface area (Å²) in [4.78, 5) is 27.1. The van der Waals surface area contributed by atoms with Crippen molar-refractivity contribution in [2.75, 3.05) is 11.5 Å². The number of aryl methyl sites for hydroxylation is 2. The van der Waals surface area contributed by atoms with Crippen molar-refractivity contribution >= 4 is 29.2 Å². The lowest BCUT2D eigenvalue weighted by Gasteiger charge is -2.32. The van der Waals surface area contributed by atoms with E-state index in [1.54, 1.807) is 11.0 Å². The van der Waals surface area contributed by atoms with Gasteiger partial charge in [-0.05, 0) is 48.7 Å². The smallest absolute Gasteiger partial charge is 0.336 e. The number of carbonyl (C=O) groups is 2.